The first-order chi connectivity index (χ1) is 9.52. The van der Waals surface area contributed by atoms with E-state index in [4.69, 9.17) is 4.74 Å². The molecule has 0 spiro atoms. The highest BCUT2D eigenvalue weighted by molar-refractivity contribution is 9.10. The molecule has 0 saturated heterocycles. The molecule has 0 atom stereocenters. The molecule has 0 bridgehead atoms. The summed E-state index contributed by atoms with van der Waals surface area (Å²) in [5.41, 5.74) is 3.37. The first-order valence-corrected chi connectivity index (χ1v) is 7.05. The maximum atomic E-state index is 9.76. The SMILES string of the molecule is COc1cc(CNCc2cnn(C)c2C)cc(Br)c1O. The Balaban J connectivity index is 2.01. The van der Waals surface area contributed by atoms with Crippen LogP contribution < -0.4 is 10.1 Å². The summed E-state index contributed by atoms with van der Waals surface area (Å²) in [5.74, 6) is 0.591. The van der Waals surface area contributed by atoms with Gasteiger partial charge in [-0.05, 0) is 40.5 Å². The Bertz CT molecular complexity index is 611. The van der Waals surface area contributed by atoms with Gasteiger partial charge in [0.2, 0.25) is 0 Å². The van der Waals surface area contributed by atoms with Crippen LogP contribution in [0.1, 0.15) is 16.8 Å². The summed E-state index contributed by atoms with van der Waals surface area (Å²) in [6, 6.07) is 3.70. The Morgan fingerprint density at radius 3 is 2.75 bits per heavy atom. The van der Waals surface area contributed by atoms with Gasteiger partial charge in [0.15, 0.2) is 11.5 Å². The quantitative estimate of drug-likeness (QED) is 0.878. The fourth-order valence-corrected chi connectivity index (χ4v) is 2.43. The van der Waals surface area contributed by atoms with Crippen LogP contribution in [0.3, 0.4) is 0 Å². The summed E-state index contributed by atoms with van der Waals surface area (Å²) in [6.45, 7) is 3.48. The molecule has 108 valence electrons. The van der Waals surface area contributed by atoms with E-state index in [0.29, 0.717) is 16.8 Å². The Morgan fingerprint density at radius 2 is 2.15 bits per heavy atom. The number of hydrogen-bond donors (Lipinski definition) is 2. The third-order valence-electron chi connectivity index (χ3n) is 3.29. The molecule has 2 rings (SSSR count). The van der Waals surface area contributed by atoms with E-state index in [1.54, 1.807) is 0 Å². The minimum absolute atomic E-state index is 0.124. The van der Waals surface area contributed by atoms with Gasteiger partial charge in [0, 0.05) is 31.4 Å². The lowest BCUT2D eigenvalue weighted by Crippen LogP contribution is -2.13. The van der Waals surface area contributed by atoms with Crippen LogP contribution >= 0.6 is 15.9 Å². The topological polar surface area (TPSA) is 59.3 Å². The van der Waals surface area contributed by atoms with Crippen LogP contribution in [0.25, 0.3) is 0 Å². The molecule has 0 radical (unpaired) electrons. The van der Waals surface area contributed by atoms with Crippen molar-refractivity contribution in [2.45, 2.75) is 20.0 Å². The smallest absolute Gasteiger partial charge is 0.172 e. The average molecular weight is 340 g/mol. The predicted molar refractivity (Wildman–Crippen MR) is 80.8 cm³/mol. The molecule has 2 aromatic rings. The van der Waals surface area contributed by atoms with Gasteiger partial charge in [0.25, 0.3) is 0 Å². The van der Waals surface area contributed by atoms with Gasteiger partial charge in [0.05, 0.1) is 17.8 Å². The maximum Gasteiger partial charge on any atom is 0.172 e. The standard InChI is InChI=1S/C14H18BrN3O2/c1-9-11(8-17-18(9)2)7-16-6-10-4-12(15)14(19)13(5-10)20-3/h4-5,8,16,19H,6-7H2,1-3H3. The lowest BCUT2D eigenvalue weighted by Gasteiger charge is -2.10. The zero-order valence-corrected chi connectivity index (χ0v) is 13.4. The van der Waals surface area contributed by atoms with Gasteiger partial charge in [-0.1, -0.05) is 0 Å². The Labute approximate surface area is 126 Å². The molecule has 0 aliphatic carbocycles. The van der Waals surface area contributed by atoms with Gasteiger partial charge in [-0.3, -0.25) is 4.68 Å². The fraction of sp³-hybridized carbons (Fsp3) is 0.357. The van der Waals surface area contributed by atoms with Crippen LogP contribution in [0.2, 0.25) is 0 Å². The normalized spacial score (nSPS) is 10.8. The summed E-state index contributed by atoms with van der Waals surface area (Å²) in [6.07, 6.45) is 1.87. The number of aromatic nitrogens is 2. The Morgan fingerprint density at radius 1 is 1.40 bits per heavy atom. The number of halogens is 1. The van der Waals surface area contributed by atoms with Gasteiger partial charge in [0.1, 0.15) is 0 Å². The zero-order chi connectivity index (χ0) is 14.7. The summed E-state index contributed by atoms with van der Waals surface area (Å²) >= 11 is 3.32. The van der Waals surface area contributed by atoms with Gasteiger partial charge in [-0.15, -0.1) is 0 Å². The van der Waals surface area contributed by atoms with Gasteiger partial charge in [-0.25, -0.2) is 0 Å². The number of ether oxygens (including phenoxy) is 1. The van der Waals surface area contributed by atoms with Gasteiger partial charge >= 0.3 is 0 Å². The molecule has 5 nitrogen and oxygen atoms in total. The summed E-state index contributed by atoms with van der Waals surface area (Å²) in [4.78, 5) is 0. The van der Waals surface area contributed by atoms with Crippen LogP contribution in [0.4, 0.5) is 0 Å². The van der Waals surface area contributed by atoms with Crippen molar-refractivity contribution in [1.29, 1.82) is 0 Å². The number of benzene rings is 1. The Hall–Kier alpha value is -1.53. The summed E-state index contributed by atoms with van der Waals surface area (Å²) in [7, 11) is 3.47. The van der Waals surface area contributed by atoms with E-state index in [1.807, 2.05) is 37.0 Å². The lowest BCUT2D eigenvalue weighted by molar-refractivity contribution is 0.371. The van der Waals surface area contributed by atoms with Gasteiger partial charge in [-0.2, -0.15) is 5.10 Å². The first-order valence-electron chi connectivity index (χ1n) is 6.26. The third-order valence-corrected chi connectivity index (χ3v) is 3.89. The van der Waals surface area contributed by atoms with Crippen molar-refractivity contribution in [1.82, 2.24) is 15.1 Å². The van der Waals surface area contributed by atoms with Crippen molar-refractivity contribution < 1.29 is 9.84 Å². The molecule has 20 heavy (non-hydrogen) atoms. The monoisotopic (exact) mass is 339 g/mol. The number of aryl methyl sites for hydroxylation is 1. The van der Waals surface area contributed by atoms with E-state index in [2.05, 4.69) is 26.3 Å². The number of phenols is 1. The van der Waals surface area contributed by atoms with Crippen molar-refractivity contribution >= 4 is 15.9 Å². The molecule has 1 heterocycles. The van der Waals surface area contributed by atoms with Crippen LogP contribution in [0.15, 0.2) is 22.8 Å². The van der Waals surface area contributed by atoms with Crippen molar-refractivity contribution in [3.63, 3.8) is 0 Å². The Kier molecular flexibility index (Phi) is 4.67. The molecule has 0 fully saturated rings. The highest BCUT2D eigenvalue weighted by atomic mass is 79.9. The van der Waals surface area contributed by atoms with Crippen molar-refractivity contribution in [2.24, 2.45) is 7.05 Å². The molecule has 0 amide bonds. The minimum Gasteiger partial charge on any atom is -0.503 e. The second-order valence-corrected chi connectivity index (χ2v) is 5.47. The van der Waals surface area contributed by atoms with Crippen molar-refractivity contribution in [3.05, 3.63) is 39.6 Å². The summed E-state index contributed by atoms with van der Waals surface area (Å²) in [5, 5.41) is 17.3. The van der Waals surface area contributed by atoms with E-state index in [1.165, 1.54) is 12.7 Å². The fourth-order valence-electron chi connectivity index (χ4n) is 1.94. The number of methoxy groups -OCH3 is 1. The maximum absolute atomic E-state index is 9.76. The van der Waals surface area contributed by atoms with Crippen LogP contribution in [0.5, 0.6) is 11.5 Å². The van der Waals surface area contributed by atoms with E-state index in [0.717, 1.165) is 17.8 Å². The second kappa shape index (κ2) is 6.28. The lowest BCUT2D eigenvalue weighted by atomic mass is 10.2. The number of nitrogens with zero attached hydrogens (tertiary/aromatic N) is 2. The highest BCUT2D eigenvalue weighted by Crippen LogP contribution is 2.35. The van der Waals surface area contributed by atoms with Crippen LogP contribution in [0, 0.1) is 6.92 Å². The van der Waals surface area contributed by atoms with E-state index >= 15 is 0 Å². The number of phenolic OH excluding ortho intramolecular Hbond substituents is 1. The minimum atomic E-state index is 0.124. The van der Waals surface area contributed by atoms with E-state index in [9.17, 15) is 5.11 Å². The van der Waals surface area contributed by atoms with Crippen LogP contribution in [-0.2, 0) is 20.1 Å². The first kappa shape index (κ1) is 14.9. The molecule has 1 aromatic carbocycles. The highest BCUT2D eigenvalue weighted by Gasteiger charge is 2.09. The number of aromatic hydroxyl groups is 1. The molecular formula is C14H18BrN3O2. The molecule has 2 N–H and O–H groups in total. The van der Waals surface area contributed by atoms with E-state index < -0.39 is 0 Å². The molecule has 6 heteroatoms. The molecule has 1 aromatic heterocycles. The second-order valence-electron chi connectivity index (χ2n) is 4.61. The zero-order valence-electron chi connectivity index (χ0n) is 11.8. The number of hydrogen-bond acceptors (Lipinski definition) is 4. The molecule has 0 aliphatic rings. The van der Waals surface area contributed by atoms with Crippen LogP contribution in [-0.4, -0.2) is 22.0 Å². The number of nitrogens with one attached hydrogen (secondary N) is 1. The van der Waals surface area contributed by atoms with E-state index in [-0.39, 0.29) is 5.75 Å². The number of rotatable bonds is 5. The molecule has 0 aliphatic heterocycles. The van der Waals surface area contributed by atoms with Crippen molar-refractivity contribution in [2.75, 3.05) is 7.11 Å². The average Bonchev–Trinajstić information content (AvgIpc) is 2.74. The third kappa shape index (κ3) is 3.13. The largest absolute Gasteiger partial charge is 0.503 e. The predicted octanol–water partition coefficient (Wildman–Crippen LogP) is 2.50. The van der Waals surface area contributed by atoms with Crippen molar-refractivity contribution in [3.8, 4) is 11.5 Å². The summed E-state index contributed by atoms with van der Waals surface area (Å²) < 4.78 is 7.62. The molecule has 0 saturated carbocycles. The molecule has 0 unspecified atom stereocenters. The molecular weight excluding hydrogens is 322 g/mol. The van der Waals surface area contributed by atoms with Gasteiger partial charge < -0.3 is 15.2 Å².